The summed E-state index contributed by atoms with van der Waals surface area (Å²) < 4.78 is 43.0. The molecule has 0 unspecified atom stereocenters. The van der Waals surface area contributed by atoms with E-state index in [9.17, 15) is 22.8 Å². The largest absolute Gasteiger partial charge is 0.356 e. The van der Waals surface area contributed by atoms with Crippen molar-refractivity contribution in [3.8, 4) is 0 Å². The number of hydrogen-bond acceptors (Lipinski definition) is 3. The Kier molecular flexibility index (Phi) is 6.66. The van der Waals surface area contributed by atoms with E-state index < -0.39 is 29.0 Å². The number of nitrogens with zero attached hydrogens (tertiary/aromatic N) is 1. The van der Waals surface area contributed by atoms with E-state index in [0.29, 0.717) is 29.6 Å². The molecule has 1 saturated heterocycles. The normalized spacial score (nSPS) is 13.8. The van der Waals surface area contributed by atoms with Gasteiger partial charge in [-0.15, -0.1) is 0 Å². The lowest BCUT2D eigenvalue weighted by atomic mass is 9.94. The summed E-state index contributed by atoms with van der Waals surface area (Å²) in [5.41, 5.74) is -0.581. The SMILES string of the molecule is CCNC(=O)CC1CN(C(=O)c2ccc(F)c(F)c2Nc2ccc(I)cc2F)C1. The molecule has 1 aliphatic heterocycles. The lowest BCUT2D eigenvalue weighted by Crippen LogP contribution is -2.51. The number of carbonyl (C=O) groups is 2. The van der Waals surface area contributed by atoms with Gasteiger partial charge >= 0.3 is 0 Å². The van der Waals surface area contributed by atoms with Gasteiger partial charge in [0.1, 0.15) is 5.82 Å². The highest BCUT2D eigenvalue weighted by molar-refractivity contribution is 14.1. The summed E-state index contributed by atoms with van der Waals surface area (Å²) in [5, 5.41) is 5.22. The maximum atomic E-state index is 14.5. The molecule has 29 heavy (non-hydrogen) atoms. The first-order chi connectivity index (χ1) is 13.8. The number of halogens is 4. The fourth-order valence-corrected chi connectivity index (χ4v) is 3.60. The van der Waals surface area contributed by atoms with E-state index in [1.807, 2.05) is 29.5 Å². The Morgan fingerprint density at radius 1 is 1.14 bits per heavy atom. The van der Waals surface area contributed by atoms with Crippen LogP contribution in [-0.4, -0.2) is 36.3 Å². The molecular formula is C20H19F3IN3O2. The van der Waals surface area contributed by atoms with Crippen LogP contribution in [-0.2, 0) is 4.79 Å². The van der Waals surface area contributed by atoms with Gasteiger partial charge in [-0.2, -0.15) is 0 Å². The van der Waals surface area contributed by atoms with Gasteiger partial charge in [-0.05, 0) is 59.8 Å². The molecule has 2 aromatic carbocycles. The third-order valence-corrected chi connectivity index (χ3v) is 5.28. The zero-order chi connectivity index (χ0) is 21.1. The van der Waals surface area contributed by atoms with Crippen LogP contribution < -0.4 is 10.6 Å². The van der Waals surface area contributed by atoms with Gasteiger partial charge in [0.15, 0.2) is 11.6 Å². The van der Waals surface area contributed by atoms with Crippen molar-refractivity contribution < 1.29 is 22.8 Å². The first-order valence-corrected chi connectivity index (χ1v) is 10.1. The van der Waals surface area contributed by atoms with E-state index in [2.05, 4.69) is 10.6 Å². The number of nitrogens with one attached hydrogen (secondary N) is 2. The summed E-state index contributed by atoms with van der Waals surface area (Å²) in [7, 11) is 0. The summed E-state index contributed by atoms with van der Waals surface area (Å²) in [6.45, 7) is 3.04. The third kappa shape index (κ3) is 4.82. The second-order valence-electron chi connectivity index (χ2n) is 6.77. The lowest BCUT2D eigenvalue weighted by molar-refractivity contribution is -0.123. The van der Waals surface area contributed by atoms with Crippen LogP contribution in [0.5, 0.6) is 0 Å². The van der Waals surface area contributed by atoms with Crippen LogP contribution in [0, 0.1) is 26.9 Å². The van der Waals surface area contributed by atoms with Crippen molar-refractivity contribution >= 4 is 45.8 Å². The lowest BCUT2D eigenvalue weighted by Gasteiger charge is -2.39. The molecule has 1 aliphatic rings. The number of amides is 2. The summed E-state index contributed by atoms with van der Waals surface area (Å²) in [5.74, 6) is -3.63. The Bertz CT molecular complexity index is 949. The first kappa shape index (κ1) is 21.4. The highest BCUT2D eigenvalue weighted by Gasteiger charge is 2.34. The number of likely N-dealkylation sites (tertiary alicyclic amines) is 1. The minimum atomic E-state index is -1.26. The van der Waals surface area contributed by atoms with Gasteiger partial charge in [-0.25, -0.2) is 13.2 Å². The molecule has 0 saturated carbocycles. The van der Waals surface area contributed by atoms with Crippen molar-refractivity contribution in [3.63, 3.8) is 0 Å². The Morgan fingerprint density at radius 3 is 2.52 bits per heavy atom. The van der Waals surface area contributed by atoms with Gasteiger partial charge in [-0.1, -0.05) is 0 Å². The Morgan fingerprint density at radius 2 is 1.86 bits per heavy atom. The number of benzene rings is 2. The zero-order valence-electron chi connectivity index (χ0n) is 15.6. The smallest absolute Gasteiger partial charge is 0.256 e. The molecule has 1 heterocycles. The molecule has 3 rings (SSSR count). The van der Waals surface area contributed by atoms with E-state index >= 15 is 0 Å². The highest BCUT2D eigenvalue weighted by atomic mass is 127. The third-order valence-electron chi connectivity index (χ3n) is 4.61. The van der Waals surface area contributed by atoms with Gasteiger partial charge in [0.2, 0.25) is 5.91 Å². The zero-order valence-corrected chi connectivity index (χ0v) is 17.7. The molecule has 9 heteroatoms. The Labute approximate surface area is 179 Å². The molecule has 154 valence electrons. The van der Waals surface area contributed by atoms with Crippen molar-refractivity contribution in [2.75, 3.05) is 25.0 Å². The van der Waals surface area contributed by atoms with Crippen molar-refractivity contribution in [1.82, 2.24) is 10.2 Å². The van der Waals surface area contributed by atoms with Crippen LogP contribution in [0.1, 0.15) is 23.7 Å². The number of rotatable bonds is 6. The summed E-state index contributed by atoms with van der Waals surface area (Å²) in [4.78, 5) is 25.9. The Hall–Kier alpha value is -2.30. The topological polar surface area (TPSA) is 61.4 Å². The standard InChI is InChI=1S/C20H19F3IN3O2/c1-2-25-17(28)7-11-9-27(10-11)20(29)13-4-5-14(21)18(23)19(13)26-16-6-3-12(24)8-15(16)22/h3-6,8,11,26H,2,7,9-10H2,1H3,(H,25,28). The Balaban J connectivity index is 1.79. The van der Waals surface area contributed by atoms with Gasteiger partial charge in [0.25, 0.3) is 5.91 Å². The van der Waals surface area contributed by atoms with Crippen LogP contribution in [0.4, 0.5) is 24.5 Å². The molecule has 0 spiro atoms. The van der Waals surface area contributed by atoms with Crippen molar-refractivity contribution in [3.05, 3.63) is 56.9 Å². The fraction of sp³-hybridized carbons (Fsp3) is 0.300. The van der Waals surface area contributed by atoms with Crippen molar-refractivity contribution in [1.29, 1.82) is 0 Å². The van der Waals surface area contributed by atoms with Crippen molar-refractivity contribution in [2.45, 2.75) is 13.3 Å². The predicted molar refractivity (Wildman–Crippen MR) is 111 cm³/mol. The van der Waals surface area contributed by atoms with E-state index in [4.69, 9.17) is 0 Å². The average molecular weight is 517 g/mol. The molecule has 0 aromatic heterocycles. The highest BCUT2D eigenvalue weighted by Crippen LogP contribution is 2.31. The predicted octanol–water partition coefficient (Wildman–Crippen LogP) is 4.05. The molecule has 1 fully saturated rings. The quantitative estimate of drug-likeness (QED) is 0.569. The second-order valence-corrected chi connectivity index (χ2v) is 8.01. The van der Waals surface area contributed by atoms with Crippen LogP contribution in [0.25, 0.3) is 0 Å². The molecule has 0 atom stereocenters. The van der Waals surface area contributed by atoms with Gasteiger partial charge in [-0.3, -0.25) is 9.59 Å². The van der Waals surface area contributed by atoms with Crippen LogP contribution in [0.3, 0.4) is 0 Å². The van der Waals surface area contributed by atoms with E-state index in [0.717, 1.165) is 6.07 Å². The summed E-state index contributed by atoms with van der Waals surface area (Å²) in [6.07, 6.45) is 0.300. The second kappa shape index (κ2) is 9.02. The van der Waals surface area contributed by atoms with Gasteiger partial charge in [0, 0.05) is 35.5 Å². The average Bonchev–Trinajstić information content (AvgIpc) is 2.63. The van der Waals surface area contributed by atoms with Crippen LogP contribution in [0.2, 0.25) is 0 Å². The summed E-state index contributed by atoms with van der Waals surface area (Å²) in [6, 6.07) is 6.27. The minimum Gasteiger partial charge on any atom is -0.356 e. The number of anilines is 2. The molecule has 0 radical (unpaired) electrons. The van der Waals surface area contributed by atoms with Gasteiger partial charge < -0.3 is 15.5 Å². The van der Waals surface area contributed by atoms with E-state index in [1.165, 1.54) is 23.1 Å². The maximum absolute atomic E-state index is 14.5. The van der Waals surface area contributed by atoms with Gasteiger partial charge in [0.05, 0.1) is 16.9 Å². The van der Waals surface area contributed by atoms with Crippen LogP contribution >= 0.6 is 22.6 Å². The minimum absolute atomic E-state index is 0.0147. The van der Waals surface area contributed by atoms with Crippen LogP contribution in [0.15, 0.2) is 30.3 Å². The molecular weight excluding hydrogens is 498 g/mol. The van der Waals surface area contributed by atoms with E-state index in [1.54, 1.807) is 6.07 Å². The molecule has 2 amide bonds. The first-order valence-electron chi connectivity index (χ1n) is 9.06. The van der Waals surface area contributed by atoms with Crippen molar-refractivity contribution in [2.24, 2.45) is 5.92 Å². The number of hydrogen-bond donors (Lipinski definition) is 2. The molecule has 2 N–H and O–H groups in total. The molecule has 5 nitrogen and oxygen atoms in total. The molecule has 0 bridgehead atoms. The number of carbonyl (C=O) groups excluding carboxylic acids is 2. The maximum Gasteiger partial charge on any atom is 0.256 e. The summed E-state index contributed by atoms with van der Waals surface area (Å²) >= 11 is 1.93. The molecule has 2 aromatic rings. The van der Waals surface area contributed by atoms with E-state index in [-0.39, 0.29) is 23.1 Å². The monoisotopic (exact) mass is 517 g/mol. The molecule has 0 aliphatic carbocycles. The fourth-order valence-electron chi connectivity index (χ4n) is 3.14.